The third-order valence-corrected chi connectivity index (χ3v) is 3.41. The molecule has 3 rings (SSSR count). The number of methoxy groups -OCH3 is 1. The van der Waals surface area contributed by atoms with Gasteiger partial charge in [-0.3, -0.25) is 0 Å². The van der Waals surface area contributed by atoms with Gasteiger partial charge in [0, 0.05) is 11.8 Å². The molecule has 1 aromatic carbocycles. The van der Waals surface area contributed by atoms with Crippen molar-refractivity contribution < 1.29 is 19.1 Å². The van der Waals surface area contributed by atoms with Crippen molar-refractivity contribution in [2.75, 3.05) is 7.11 Å². The Labute approximate surface area is 132 Å². The van der Waals surface area contributed by atoms with Gasteiger partial charge in [0.25, 0.3) is 0 Å². The van der Waals surface area contributed by atoms with Gasteiger partial charge in [-0.05, 0) is 36.3 Å². The Morgan fingerprint density at radius 3 is 2.87 bits per heavy atom. The van der Waals surface area contributed by atoms with E-state index in [1.165, 1.54) is 7.11 Å². The fraction of sp³-hybridized carbons (Fsp3) is 0.118. The number of esters is 2. The smallest absolute Gasteiger partial charge is 0.363 e. The molecule has 0 radical (unpaired) electrons. The number of nitrogens with one attached hydrogen (secondary N) is 1. The van der Waals surface area contributed by atoms with Crippen molar-refractivity contribution in [2.45, 2.75) is 6.92 Å². The molecule has 116 valence electrons. The van der Waals surface area contributed by atoms with Gasteiger partial charge >= 0.3 is 11.9 Å². The quantitative estimate of drug-likeness (QED) is 0.697. The zero-order valence-corrected chi connectivity index (χ0v) is 12.6. The van der Waals surface area contributed by atoms with Crippen LogP contribution in [0, 0.1) is 6.92 Å². The molecule has 0 atom stereocenters. The predicted octanol–water partition coefficient (Wildman–Crippen LogP) is 2.45. The lowest BCUT2D eigenvalue weighted by atomic mass is 10.1. The van der Waals surface area contributed by atoms with Crippen LogP contribution < -0.4 is 0 Å². The molecule has 1 aromatic heterocycles. The molecule has 0 spiro atoms. The van der Waals surface area contributed by atoms with Crippen molar-refractivity contribution in [3.8, 4) is 0 Å². The molecule has 2 aromatic rings. The van der Waals surface area contributed by atoms with E-state index in [2.05, 4.69) is 14.7 Å². The van der Waals surface area contributed by atoms with E-state index in [-0.39, 0.29) is 11.6 Å². The molecule has 0 saturated carbocycles. The second-order valence-electron chi connectivity index (χ2n) is 4.99. The lowest BCUT2D eigenvalue weighted by Crippen LogP contribution is -2.06. The number of H-pyrrole nitrogens is 1. The molecule has 0 bridgehead atoms. The summed E-state index contributed by atoms with van der Waals surface area (Å²) in [6.45, 7) is 1.92. The number of hydrogen-bond acceptors (Lipinski definition) is 5. The highest BCUT2D eigenvalue weighted by molar-refractivity contribution is 6.13. The molecule has 2 heterocycles. The third-order valence-electron chi connectivity index (χ3n) is 3.41. The summed E-state index contributed by atoms with van der Waals surface area (Å²) in [5.74, 6) is -0.722. The SMILES string of the molecule is COC(=O)c1cc(/C=C2/N=C(c3ccccc3C)OC2=O)c[nH]1. The lowest BCUT2D eigenvalue weighted by molar-refractivity contribution is -0.129. The highest BCUT2D eigenvalue weighted by Gasteiger charge is 2.25. The number of rotatable bonds is 3. The van der Waals surface area contributed by atoms with Crippen molar-refractivity contribution in [3.63, 3.8) is 0 Å². The second-order valence-corrected chi connectivity index (χ2v) is 4.99. The first-order chi connectivity index (χ1) is 11.1. The number of aromatic amines is 1. The van der Waals surface area contributed by atoms with Crippen LogP contribution in [0.4, 0.5) is 0 Å². The second kappa shape index (κ2) is 5.92. The topological polar surface area (TPSA) is 80.8 Å². The number of nitrogens with zero attached hydrogens (tertiary/aromatic N) is 1. The Morgan fingerprint density at radius 1 is 1.35 bits per heavy atom. The molecule has 1 N–H and O–H groups in total. The maximum absolute atomic E-state index is 12.0. The number of hydrogen-bond donors (Lipinski definition) is 1. The number of cyclic esters (lactones) is 1. The number of ether oxygens (including phenoxy) is 2. The average molecular weight is 310 g/mol. The average Bonchev–Trinajstić information content (AvgIpc) is 3.15. The minimum Gasteiger partial charge on any atom is -0.464 e. The summed E-state index contributed by atoms with van der Waals surface area (Å²) in [5, 5.41) is 0. The van der Waals surface area contributed by atoms with E-state index >= 15 is 0 Å². The van der Waals surface area contributed by atoms with Gasteiger partial charge in [0.05, 0.1) is 7.11 Å². The molecule has 6 nitrogen and oxygen atoms in total. The van der Waals surface area contributed by atoms with Gasteiger partial charge in [0.15, 0.2) is 5.70 Å². The van der Waals surface area contributed by atoms with E-state index in [4.69, 9.17) is 4.74 Å². The van der Waals surface area contributed by atoms with Gasteiger partial charge in [-0.15, -0.1) is 0 Å². The van der Waals surface area contributed by atoms with E-state index in [9.17, 15) is 9.59 Å². The van der Waals surface area contributed by atoms with Gasteiger partial charge < -0.3 is 14.5 Å². The first kappa shape index (κ1) is 14.8. The van der Waals surface area contributed by atoms with Crippen LogP contribution in [0.1, 0.15) is 27.2 Å². The Hall–Kier alpha value is -3.15. The summed E-state index contributed by atoms with van der Waals surface area (Å²) in [4.78, 5) is 30.4. The number of benzene rings is 1. The van der Waals surface area contributed by atoms with Crippen LogP contribution in [0.2, 0.25) is 0 Å². The number of aliphatic imine (C=N–C) groups is 1. The normalized spacial score (nSPS) is 15.5. The van der Waals surface area contributed by atoms with Crippen molar-refractivity contribution in [2.24, 2.45) is 4.99 Å². The minimum absolute atomic E-state index is 0.179. The third kappa shape index (κ3) is 2.91. The largest absolute Gasteiger partial charge is 0.464 e. The van der Waals surface area contributed by atoms with Gasteiger partial charge in [0.1, 0.15) is 5.69 Å². The maximum Gasteiger partial charge on any atom is 0.363 e. The predicted molar refractivity (Wildman–Crippen MR) is 83.9 cm³/mol. The van der Waals surface area contributed by atoms with E-state index in [1.54, 1.807) is 18.3 Å². The van der Waals surface area contributed by atoms with E-state index < -0.39 is 11.9 Å². The van der Waals surface area contributed by atoms with Crippen molar-refractivity contribution in [1.29, 1.82) is 0 Å². The Balaban J connectivity index is 1.91. The summed E-state index contributed by atoms with van der Waals surface area (Å²) < 4.78 is 9.85. The van der Waals surface area contributed by atoms with E-state index in [0.717, 1.165) is 11.1 Å². The standard InChI is InChI=1S/C17H14N2O4/c1-10-5-3-4-6-12(10)15-19-14(17(21)23-15)8-11-7-13(18-9-11)16(20)22-2/h3-9,18H,1-2H3/b14-8+. The summed E-state index contributed by atoms with van der Waals surface area (Å²) in [7, 11) is 1.30. The van der Waals surface area contributed by atoms with Crippen LogP contribution in [0.5, 0.6) is 0 Å². The van der Waals surface area contributed by atoms with Crippen LogP contribution in [-0.2, 0) is 14.3 Å². The molecule has 6 heteroatoms. The van der Waals surface area contributed by atoms with Crippen LogP contribution in [-0.4, -0.2) is 29.9 Å². The fourth-order valence-electron chi connectivity index (χ4n) is 2.22. The molecule has 23 heavy (non-hydrogen) atoms. The number of carbonyl (C=O) groups is 2. The van der Waals surface area contributed by atoms with Crippen molar-refractivity contribution in [1.82, 2.24) is 4.98 Å². The summed E-state index contributed by atoms with van der Waals surface area (Å²) >= 11 is 0. The van der Waals surface area contributed by atoms with Crippen LogP contribution in [0.15, 0.2) is 47.2 Å². The highest BCUT2D eigenvalue weighted by atomic mass is 16.6. The molecule has 0 aliphatic carbocycles. The number of carbonyl (C=O) groups excluding carboxylic acids is 2. The molecule has 1 aliphatic heterocycles. The Bertz CT molecular complexity index is 846. The summed E-state index contributed by atoms with van der Waals surface area (Å²) in [6.07, 6.45) is 3.14. The number of aromatic nitrogens is 1. The first-order valence-electron chi connectivity index (χ1n) is 6.94. The summed E-state index contributed by atoms with van der Waals surface area (Å²) in [5.41, 5.74) is 2.85. The molecular formula is C17H14N2O4. The minimum atomic E-state index is -0.524. The Morgan fingerprint density at radius 2 is 2.13 bits per heavy atom. The van der Waals surface area contributed by atoms with Crippen LogP contribution in [0.3, 0.4) is 0 Å². The van der Waals surface area contributed by atoms with Gasteiger partial charge in [-0.2, -0.15) is 0 Å². The van der Waals surface area contributed by atoms with Crippen LogP contribution in [0.25, 0.3) is 6.08 Å². The first-order valence-corrected chi connectivity index (χ1v) is 6.94. The number of aryl methyl sites for hydroxylation is 1. The Kier molecular flexibility index (Phi) is 3.80. The molecule has 0 fully saturated rings. The zero-order chi connectivity index (χ0) is 16.4. The van der Waals surface area contributed by atoms with Gasteiger partial charge in [-0.1, -0.05) is 18.2 Å². The van der Waals surface area contributed by atoms with E-state index in [1.807, 2.05) is 31.2 Å². The molecule has 0 saturated heterocycles. The molecule has 0 unspecified atom stereocenters. The molecule has 0 amide bonds. The van der Waals surface area contributed by atoms with Crippen molar-refractivity contribution in [3.05, 3.63) is 64.6 Å². The summed E-state index contributed by atoms with van der Waals surface area (Å²) in [6, 6.07) is 9.10. The lowest BCUT2D eigenvalue weighted by Gasteiger charge is -2.02. The van der Waals surface area contributed by atoms with Crippen LogP contribution >= 0.6 is 0 Å². The van der Waals surface area contributed by atoms with E-state index in [0.29, 0.717) is 11.3 Å². The zero-order valence-electron chi connectivity index (χ0n) is 12.6. The van der Waals surface area contributed by atoms with Gasteiger partial charge in [0.2, 0.25) is 5.90 Å². The fourth-order valence-corrected chi connectivity index (χ4v) is 2.22. The highest BCUT2D eigenvalue weighted by Crippen LogP contribution is 2.21. The van der Waals surface area contributed by atoms with Crippen molar-refractivity contribution >= 4 is 23.9 Å². The molecule has 1 aliphatic rings. The molecular weight excluding hydrogens is 296 g/mol. The monoisotopic (exact) mass is 310 g/mol. The maximum atomic E-state index is 12.0. The van der Waals surface area contributed by atoms with Gasteiger partial charge in [-0.25, -0.2) is 14.6 Å².